The van der Waals surface area contributed by atoms with Gasteiger partial charge in [-0.2, -0.15) is 19.9 Å². The van der Waals surface area contributed by atoms with Gasteiger partial charge in [0.05, 0.1) is 141 Å². The molecule has 1 saturated heterocycles. The van der Waals surface area contributed by atoms with E-state index in [-0.39, 0.29) is 100 Å². The van der Waals surface area contributed by atoms with Gasteiger partial charge < -0.3 is 87.6 Å². The number of aromatic nitrogens is 20. The smallest absolute Gasteiger partial charge is 0.260 e. The Morgan fingerprint density at radius 1 is 0.413 bits per heavy atom. The SMILES string of the molecule is COc1c(C)cnc(CN2C(=O)/C(=C\c3ncc(CN4CCOCC4)[nH]3)c3c(Cl)nc(N)nc32)c1C.COc1c(C)cnc(CN2C(=O)/C(=C\c3ncc(CNC(C)C)[nH]3)c3c(Cl)nc(N)nc32)c1C.COc1c(C)cnc(CN2C(=O)/C(=C\c3ncc(CNC4CCC(O)CC4)[nH]3)c3c(Cl)nc(N)nc32)c1C.COc1c(C)cnc(CN2C(=O)/C(=C\c3ncc(CNCC(C)C)[nH]3)c3c(Cl)nc(N)nc32)c1C. The maximum absolute atomic E-state index is 13.7. The van der Waals surface area contributed by atoms with Crippen LogP contribution in [0.2, 0.25) is 20.6 Å². The monoisotopic (exact) mass is 2030 g/mol. The van der Waals surface area contributed by atoms with Gasteiger partial charge in [-0.1, -0.05) is 74.1 Å². The Kier molecular flexibility index (Phi) is 32.5. The van der Waals surface area contributed by atoms with Gasteiger partial charge in [-0.3, -0.25) is 63.6 Å². The number of anilines is 8. The molecule has 2 fully saturated rings. The predicted octanol–water partition coefficient (Wildman–Crippen LogP) is 11.6. The van der Waals surface area contributed by atoms with Gasteiger partial charge in [-0.05, 0) is 118 Å². The van der Waals surface area contributed by atoms with E-state index in [0.29, 0.717) is 152 Å². The molecule has 143 heavy (non-hydrogen) atoms. The molecule has 750 valence electrons. The maximum Gasteiger partial charge on any atom is 0.260 e. The van der Waals surface area contributed by atoms with Gasteiger partial charge >= 0.3 is 0 Å². The number of ether oxygens (including phenoxy) is 5. The Labute approximate surface area is 845 Å². The number of fused-ring (bicyclic) bond motifs is 4. The number of imidazole rings is 4. The van der Waals surface area contributed by atoms with E-state index in [1.807, 2.05) is 55.4 Å². The number of rotatable bonds is 28. The van der Waals surface area contributed by atoms with Crippen LogP contribution in [0.1, 0.15) is 189 Å². The van der Waals surface area contributed by atoms with E-state index in [1.54, 1.807) is 102 Å². The second kappa shape index (κ2) is 45.0. The van der Waals surface area contributed by atoms with Crippen LogP contribution in [-0.2, 0) is 76.3 Å². The highest BCUT2D eigenvalue weighted by molar-refractivity contribution is 6.44. The van der Waals surface area contributed by atoms with E-state index in [0.717, 1.165) is 155 Å². The quantitative estimate of drug-likeness (QED) is 0.0160. The Bertz CT molecular complexity index is 6960. The number of hydrogen-bond donors (Lipinski definition) is 12. The molecule has 42 nitrogen and oxygen atoms in total. The average Bonchev–Trinajstić information content (AvgIpc) is 1.62. The van der Waals surface area contributed by atoms with Crippen molar-refractivity contribution in [2.75, 3.05) is 104 Å². The van der Waals surface area contributed by atoms with Crippen molar-refractivity contribution in [1.82, 2.24) is 121 Å². The summed E-state index contributed by atoms with van der Waals surface area (Å²) in [5.74, 6) is 5.61. The van der Waals surface area contributed by atoms with Crippen molar-refractivity contribution in [2.45, 2.75) is 179 Å². The highest BCUT2D eigenvalue weighted by atomic mass is 35.5. The van der Waals surface area contributed by atoms with E-state index in [2.05, 4.69) is 148 Å². The lowest BCUT2D eigenvalue weighted by molar-refractivity contribution is -0.113. The standard InChI is InChI=1S/C26H31ClN8O3.C24H27ClN8O3.C24H29ClN8O2.C23H27ClN8O2/c1-13-9-30-19(14(2)22(13)38-3)12-35-24-21(23(27)33-26(28)34-24)18(25(35)37)8-20-31-11-16(32-20)10-29-15-4-6-17(36)7-5-15;1-13-9-27-17(14(2)20(13)35-3)12-33-22-19(21(25)30-24(26)31-22)16(23(33)34)8-18-28-10-15(29-18)11-32-4-6-36-7-5-32;1-12(2)7-27-9-15-10-29-18(30-15)6-16-19-21(25)31-24(26)32-22(19)33(23(16)34)11-17-14(4)20(35-5)13(3)8-28-17;1-11(2)26-8-14-9-28-17(29-14)6-15-18-20(24)30-23(25)31-21(18)32(22(15)33)10-16-13(4)19(34-5)12(3)7-27-16/h8-9,11,15,17,29,36H,4-7,10,12H2,1-3H3,(H,31,32)(H2,28,33,34);8-10H,4-7,11-12H2,1-3H3,(H,28,29)(H2,26,30,31);6,8,10,12,27H,7,9,11H2,1-5H3,(H,29,30)(H2,26,31,32);6-7,9,11,26H,8,10H2,1-5H3,(H,28,29)(H2,25,30,31)/b18-8-;16-8-;16-6-;15-6-. The highest BCUT2D eigenvalue weighted by Gasteiger charge is 2.43. The largest absolute Gasteiger partial charge is 0.496 e. The van der Waals surface area contributed by atoms with Gasteiger partial charge in [0, 0.05) is 168 Å². The number of hydrogen-bond acceptors (Lipinski definition) is 34. The van der Waals surface area contributed by atoms with E-state index in [4.69, 9.17) is 93.0 Å². The van der Waals surface area contributed by atoms with Crippen molar-refractivity contribution < 1.29 is 48.0 Å². The van der Waals surface area contributed by atoms with Crippen LogP contribution in [0, 0.1) is 61.3 Å². The number of morpholine rings is 1. The molecule has 0 spiro atoms. The lowest BCUT2D eigenvalue weighted by Crippen LogP contribution is -2.35. The van der Waals surface area contributed by atoms with Gasteiger partial charge in [-0.15, -0.1) is 0 Å². The fraction of sp³-hybridized carbons (Fsp3) is 0.381. The third kappa shape index (κ3) is 23.2. The number of carbonyl (C=O) groups excluding carboxylic acids is 4. The number of H-pyrrole nitrogens is 4. The zero-order valence-corrected chi connectivity index (χ0v) is 85.1. The molecule has 18 rings (SSSR count). The lowest BCUT2D eigenvalue weighted by atomic mass is 9.93. The normalized spacial score (nSPS) is 16.6. The van der Waals surface area contributed by atoms with Gasteiger partial charge in [-0.25, -0.2) is 39.9 Å². The van der Waals surface area contributed by atoms with Crippen molar-refractivity contribution in [3.63, 3.8) is 0 Å². The zero-order valence-electron chi connectivity index (χ0n) is 82.1. The minimum atomic E-state index is -0.306. The molecule has 17 heterocycles. The van der Waals surface area contributed by atoms with Gasteiger partial charge in [0.25, 0.3) is 23.6 Å². The van der Waals surface area contributed by atoms with Crippen LogP contribution in [0.15, 0.2) is 49.6 Å². The molecule has 1 aliphatic carbocycles. The third-order valence-corrected chi connectivity index (χ3v) is 25.8. The summed E-state index contributed by atoms with van der Waals surface area (Å²) >= 11 is 25.8. The average molecular weight is 2030 g/mol. The van der Waals surface area contributed by atoms with E-state index in [1.165, 1.54) is 19.6 Å². The van der Waals surface area contributed by atoms with Crippen LogP contribution < -0.4 is 77.4 Å². The molecule has 0 atom stereocenters. The third-order valence-electron chi connectivity index (χ3n) is 24.7. The first-order valence-corrected chi connectivity index (χ1v) is 47.7. The number of carbonyl (C=O) groups is 4. The van der Waals surface area contributed by atoms with Crippen LogP contribution in [-0.4, -0.2) is 213 Å². The number of aliphatic hydroxyl groups is 1. The van der Waals surface area contributed by atoms with E-state index in [9.17, 15) is 24.3 Å². The minimum Gasteiger partial charge on any atom is -0.496 e. The molecule has 5 aliphatic heterocycles. The molecule has 12 aromatic heterocycles. The molecule has 12 aromatic rings. The number of pyridine rings is 4. The number of halogens is 4. The first kappa shape index (κ1) is 103. The molecule has 0 bridgehead atoms. The van der Waals surface area contributed by atoms with Crippen molar-refractivity contribution >= 4 is 164 Å². The summed E-state index contributed by atoms with van der Waals surface area (Å²) in [5.41, 5.74) is 39.8. The number of aromatic amines is 4. The summed E-state index contributed by atoms with van der Waals surface area (Å²) in [7, 11) is 6.44. The number of nitrogens with zero attached hydrogens (tertiary/aromatic N) is 21. The number of aliphatic hydroxyl groups excluding tert-OH is 1. The number of aryl methyl sites for hydroxylation is 4. The van der Waals surface area contributed by atoms with Crippen LogP contribution in [0.3, 0.4) is 0 Å². The fourth-order valence-electron chi connectivity index (χ4n) is 17.5. The first-order chi connectivity index (χ1) is 68.5. The minimum absolute atomic E-state index is 0.0181. The van der Waals surface area contributed by atoms with Gasteiger partial charge in [0.15, 0.2) is 23.3 Å². The van der Waals surface area contributed by atoms with Crippen LogP contribution in [0.4, 0.5) is 47.1 Å². The number of methoxy groups -OCH3 is 4. The summed E-state index contributed by atoms with van der Waals surface area (Å²) in [6, 6.07) is 0.694. The summed E-state index contributed by atoms with van der Waals surface area (Å²) in [6.07, 6.45) is 23.8. The Hall–Kier alpha value is -14.1. The Balaban J connectivity index is 0.000000144. The van der Waals surface area contributed by atoms with Crippen LogP contribution in [0.5, 0.6) is 23.0 Å². The molecular weight excluding hydrogens is 1920 g/mol. The Morgan fingerprint density at radius 3 is 1.01 bits per heavy atom. The van der Waals surface area contributed by atoms with Crippen LogP contribution >= 0.6 is 46.4 Å². The summed E-state index contributed by atoms with van der Waals surface area (Å²) in [4.78, 5) is 145. The molecule has 6 aliphatic rings. The fourth-order valence-corrected chi connectivity index (χ4v) is 18.6. The predicted molar refractivity (Wildman–Crippen MR) is 547 cm³/mol. The van der Waals surface area contributed by atoms with E-state index < -0.39 is 0 Å². The second-order valence-electron chi connectivity index (χ2n) is 35.8. The molecule has 0 aromatic carbocycles. The van der Waals surface area contributed by atoms with Crippen molar-refractivity contribution in [1.29, 1.82) is 0 Å². The molecule has 1 saturated carbocycles. The summed E-state index contributed by atoms with van der Waals surface area (Å²) in [6.45, 7) is 31.0. The number of nitrogens with two attached hydrogens (primary N) is 4. The van der Waals surface area contributed by atoms with Gasteiger partial charge in [0.2, 0.25) is 23.8 Å². The maximum atomic E-state index is 13.7. The zero-order chi connectivity index (χ0) is 102. The van der Waals surface area contributed by atoms with Crippen molar-refractivity contribution in [2.24, 2.45) is 5.92 Å². The molecule has 46 heteroatoms. The Morgan fingerprint density at radius 2 is 0.706 bits per heavy atom. The second-order valence-corrected chi connectivity index (χ2v) is 37.2. The first-order valence-electron chi connectivity index (χ1n) is 46.2. The van der Waals surface area contributed by atoms with E-state index >= 15 is 0 Å². The topological polar surface area (TPSA) is 560 Å². The van der Waals surface area contributed by atoms with Crippen LogP contribution in [0.25, 0.3) is 46.6 Å². The van der Waals surface area contributed by atoms with Gasteiger partial charge in [0.1, 0.15) is 66.9 Å². The number of amides is 4. The highest BCUT2D eigenvalue weighted by Crippen LogP contribution is 2.47. The molecule has 0 unspecified atom stereocenters. The molecule has 16 N–H and O–H groups in total. The molecule has 0 radical (unpaired) electrons. The molecular formula is C97H114Cl4N32O10. The van der Waals surface area contributed by atoms with Crippen molar-refractivity contribution in [3.8, 4) is 23.0 Å². The number of nitrogens with one attached hydrogen (secondary N) is 7. The summed E-state index contributed by atoms with van der Waals surface area (Å²) in [5, 5.41) is 20.3. The summed E-state index contributed by atoms with van der Waals surface area (Å²) < 4.78 is 27.5. The van der Waals surface area contributed by atoms with Crippen molar-refractivity contribution in [3.05, 3.63) is 206 Å². The molecule has 4 amide bonds. The lowest BCUT2D eigenvalue weighted by Gasteiger charge is -2.26. The number of nitrogen functional groups attached to an aromatic ring is 4.